The summed E-state index contributed by atoms with van der Waals surface area (Å²) < 4.78 is 0. The smallest absolute Gasteiger partial charge is 0.150 e. The number of hydrazone groups is 1. The fourth-order valence-electron chi connectivity index (χ4n) is 3.56. The Bertz CT molecular complexity index is 591. The van der Waals surface area contributed by atoms with Crippen LogP contribution >= 0.6 is 23.8 Å². The number of unbranched alkanes of at least 4 members (excludes halogenated alkanes) is 10. The summed E-state index contributed by atoms with van der Waals surface area (Å²) in [7, 11) is 0. The highest BCUT2D eigenvalue weighted by Crippen LogP contribution is 2.29. The number of amidine groups is 1. The van der Waals surface area contributed by atoms with Gasteiger partial charge in [-0.25, -0.2) is 0 Å². The highest BCUT2D eigenvalue weighted by Gasteiger charge is 2.28. The van der Waals surface area contributed by atoms with Crippen LogP contribution in [0.2, 0.25) is 5.02 Å². The first-order valence-electron chi connectivity index (χ1n) is 10.6. The number of thiocarbonyl (C=S) groups is 1. The summed E-state index contributed by atoms with van der Waals surface area (Å²) in [6, 6.07) is 7.88. The minimum Gasteiger partial charge on any atom is -0.300 e. The van der Waals surface area contributed by atoms with Crippen LogP contribution in [0.15, 0.2) is 29.4 Å². The minimum atomic E-state index is -0.0948. The third-order valence-electron chi connectivity index (χ3n) is 5.13. The van der Waals surface area contributed by atoms with Gasteiger partial charge in [0.15, 0.2) is 0 Å². The number of nitrogens with zero attached hydrogens (tertiary/aromatic N) is 2. The second kappa shape index (κ2) is 13.1. The first-order chi connectivity index (χ1) is 13.3. The van der Waals surface area contributed by atoms with Crippen molar-refractivity contribution in [3.8, 4) is 0 Å². The van der Waals surface area contributed by atoms with E-state index in [1.807, 2.05) is 24.3 Å². The Labute approximate surface area is 175 Å². The molecule has 1 aromatic carbocycles. The fourth-order valence-corrected chi connectivity index (χ4v) is 3.97. The maximum Gasteiger partial charge on any atom is 0.150 e. The van der Waals surface area contributed by atoms with Crippen LogP contribution in [0.4, 0.5) is 5.69 Å². The predicted molar refractivity (Wildman–Crippen MR) is 123 cm³/mol. The van der Waals surface area contributed by atoms with Crippen molar-refractivity contribution in [1.29, 1.82) is 0 Å². The summed E-state index contributed by atoms with van der Waals surface area (Å²) >= 11 is 11.6. The van der Waals surface area contributed by atoms with E-state index < -0.39 is 0 Å². The molecular formula is C22H34ClN3S. The molecule has 1 aliphatic rings. The number of anilines is 1. The van der Waals surface area contributed by atoms with Crippen LogP contribution < -0.4 is 10.3 Å². The first kappa shape index (κ1) is 22.2. The quantitative estimate of drug-likeness (QED) is 0.263. The molecule has 0 aromatic heterocycles. The van der Waals surface area contributed by atoms with Crippen LogP contribution in [0.1, 0.15) is 84.0 Å². The molecule has 0 saturated heterocycles. The second-order valence-electron chi connectivity index (χ2n) is 7.34. The first-order valence-corrected chi connectivity index (χ1v) is 11.4. The summed E-state index contributed by atoms with van der Waals surface area (Å²) in [5.74, 6) is 1.03. The van der Waals surface area contributed by atoms with Crippen molar-refractivity contribution >= 4 is 40.7 Å². The number of hydrogen-bond acceptors (Lipinski definition) is 4. The zero-order valence-corrected chi connectivity index (χ0v) is 18.2. The number of rotatable bonds is 14. The molecule has 5 heteroatoms. The van der Waals surface area contributed by atoms with Gasteiger partial charge >= 0.3 is 0 Å². The zero-order valence-electron chi connectivity index (χ0n) is 16.6. The van der Waals surface area contributed by atoms with Gasteiger partial charge in [-0.3, -0.25) is 5.43 Å². The summed E-state index contributed by atoms with van der Waals surface area (Å²) in [6.45, 7) is 2.27. The van der Waals surface area contributed by atoms with Crippen molar-refractivity contribution in [2.75, 3.05) is 4.90 Å². The highest BCUT2D eigenvalue weighted by atomic mass is 35.5. The molecule has 27 heavy (non-hydrogen) atoms. The van der Waals surface area contributed by atoms with E-state index in [-0.39, 0.29) is 6.17 Å². The topological polar surface area (TPSA) is 27.6 Å². The van der Waals surface area contributed by atoms with E-state index in [1.54, 1.807) is 5.37 Å². The predicted octanol–water partition coefficient (Wildman–Crippen LogP) is 7.09. The third-order valence-corrected chi connectivity index (χ3v) is 5.70. The number of hydrogen-bond donors (Lipinski definition) is 1. The largest absolute Gasteiger partial charge is 0.300 e. The molecule has 0 bridgehead atoms. The molecule has 0 saturated carbocycles. The molecule has 0 radical (unpaired) electrons. The molecule has 1 aromatic rings. The maximum absolute atomic E-state index is 6.39. The fraction of sp³-hybridized carbons (Fsp3) is 0.636. The van der Waals surface area contributed by atoms with Gasteiger partial charge < -0.3 is 4.90 Å². The van der Waals surface area contributed by atoms with Gasteiger partial charge in [-0.05, 0) is 18.6 Å². The van der Waals surface area contributed by atoms with Gasteiger partial charge in [0.2, 0.25) is 0 Å². The van der Waals surface area contributed by atoms with Gasteiger partial charge in [-0.2, -0.15) is 5.10 Å². The summed E-state index contributed by atoms with van der Waals surface area (Å²) in [6.07, 6.45) is 15.7. The Balaban J connectivity index is 1.65. The number of nitrogens with one attached hydrogen (secondary N) is 1. The zero-order chi connectivity index (χ0) is 19.3. The Hall–Kier alpha value is -1.13. The van der Waals surface area contributed by atoms with Crippen molar-refractivity contribution in [3.63, 3.8) is 0 Å². The SMILES string of the molecule is CCCCCCCCCCCCCC1=NNC(C=S)N1c1ccccc1Cl. The maximum atomic E-state index is 6.39. The van der Waals surface area contributed by atoms with Crippen LogP contribution in [-0.2, 0) is 0 Å². The summed E-state index contributed by atoms with van der Waals surface area (Å²) in [5.41, 5.74) is 4.09. The minimum absolute atomic E-state index is 0.0948. The van der Waals surface area contributed by atoms with Gasteiger partial charge in [0.1, 0.15) is 12.0 Å². The van der Waals surface area contributed by atoms with Crippen molar-refractivity contribution in [2.45, 2.75) is 90.1 Å². The normalized spacial score (nSPS) is 16.3. The van der Waals surface area contributed by atoms with E-state index in [0.717, 1.165) is 29.4 Å². The lowest BCUT2D eigenvalue weighted by atomic mass is 10.0. The lowest BCUT2D eigenvalue weighted by Crippen LogP contribution is -2.41. The lowest BCUT2D eigenvalue weighted by molar-refractivity contribution is 0.551. The van der Waals surface area contributed by atoms with Gasteiger partial charge in [-0.15, -0.1) is 0 Å². The standard InChI is InChI=1S/C22H34ClN3S/c1-2-3-4-5-6-7-8-9-10-11-12-17-21-24-25-22(18-27)26(21)20-16-14-13-15-19(20)23/h13-16,18,22,25H,2-12,17H2,1H3. The Morgan fingerprint density at radius 2 is 1.59 bits per heavy atom. The van der Waals surface area contributed by atoms with E-state index in [1.165, 1.54) is 64.2 Å². The Kier molecular flexibility index (Phi) is 10.8. The van der Waals surface area contributed by atoms with Crippen LogP contribution in [0.3, 0.4) is 0 Å². The molecule has 1 atom stereocenters. The van der Waals surface area contributed by atoms with Crippen molar-refractivity contribution in [3.05, 3.63) is 29.3 Å². The Morgan fingerprint density at radius 3 is 2.19 bits per heavy atom. The van der Waals surface area contributed by atoms with Crippen LogP contribution in [-0.4, -0.2) is 17.4 Å². The van der Waals surface area contributed by atoms with E-state index in [0.29, 0.717) is 0 Å². The average Bonchev–Trinajstić information content (AvgIpc) is 3.09. The monoisotopic (exact) mass is 407 g/mol. The van der Waals surface area contributed by atoms with Gasteiger partial charge in [0.25, 0.3) is 0 Å². The lowest BCUT2D eigenvalue weighted by Gasteiger charge is -2.25. The van der Waals surface area contributed by atoms with E-state index in [2.05, 4.69) is 22.4 Å². The molecule has 0 amide bonds. The molecule has 3 nitrogen and oxygen atoms in total. The highest BCUT2D eigenvalue weighted by molar-refractivity contribution is 7.79. The molecule has 1 unspecified atom stereocenters. The van der Waals surface area contributed by atoms with Gasteiger partial charge in [0, 0.05) is 11.8 Å². The number of halogens is 1. The van der Waals surface area contributed by atoms with Crippen molar-refractivity contribution in [2.24, 2.45) is 5.10 Å². The molecular weight excluding hydrogens is 374 g/mol. The summed E-state index contributed by atoms with van der Waals surface area (Å²) in [5, 5.41) is 6.95. The van der Waals surface area contributed by atoms with Crippen LogP contribution in [0.5, 0.6) is 0 Å². The second-order valence-corrected chi connectivity index (χ2v) is 8.02. The summed E-state index contributed by atoms with van der Waals surface area (Å²) in [4.78, 5) is 2.13. The average molecular weight is 408 g/mol. The van der Waals surface area contributed by atoms with E-state index in [9.17, 15) is 0 Å². The molecule has 150 valence electrons. The molecule has 0 fully saturated rings. The molecule has 0 aliphatic carbocycles. The number of para-hydroxylation sites is 1. The van der Waals surface area contributed by atoms with Crippen LogP contribution in [0.25, 0.3) is 0 Å². The third kappa shape index (κ3) is 7.42. The number of benzene rings is 1. The molecule has 1 aliphatic heterocycles. The Morgan fingerprint density at radius 1 is 1.00 bits per heavy atom. The molecule has 1 heterocycles. The van der Waals surface area contributed by atoms with Crippen molar-refractivity contribution < 1.29 is 0 Å². The molecule has 2 rings (SSSR count). The van der Waals surface area contributed by atoms with Gasteiger partial charge in [-0.1, -0.05) is 107 Å². The van der Waals surface area contributed by atoms with E-state index in [4.69, 9.17) is 23.8 Å². The van der Waals surface area contributed by atoms with E-state index >= 15 is 0 Å². The van der Waals surface area contributed by atoms with Crippen LogP contribution in [0, 0.1) is 0 Å². The van der Waals surface area contributed by atoms with Gasteiger partial charge in [0.05, 0.1) is 10.7 Å². The van der Waals surface area contributed by atoms with Crippen molar-refractivity contribution in [1.82, 2.24) is 5.43 Å². The molecule has 1 N–H and O–H groups in total. The molecule has 0 spiro atoms.